The highest BCUT2D eigenvalue weighted by Gasteiger charge is 2.36. The standard InChI is InChI=1S/2C6H13NO4/c2*8-2-3-5(10)6(11)4(9)1-7-3/h2*3-11H,1-2H2/t3?,4?,5-,6-;3-,4?,5?,6-/m01/s1. The predicted octanol–water partition coefficient (Wildman–Crippen LogP) is -5.93. The first-order valence-corrected chi connectivity index (χ1v) is 7.10. The molecule has 22 heavy (non-hydrogen) atoms. The van der Waals surface area contributed by atoms with E-state index in [0.717, 1.165) is 0 Å². The van der Waals surface area contributed by atoms with Crippen molar-refractivity contribution in [3.8, 4) is 0 Å². The summed E-state index contributed by atoms with van der Waals surface area (Å²) in [5.41, 5.74) is 0. The van der Waals surface area contributed by atoms with Gasteiger partial charge >= 0.3 is 0 Å². The molecule has 0 aliphatic carbocycles. The van der Waals surface area contributed by atoms with E-state index in [4.69, 9.17) is 30.6 Å². The maximum atomic E-state index is 9.18. The lowest BCUT2D eigenvalue weighted by molar-refractivity contribution is -0.101. The summed E-state index contributed by atoms with van der Waals surface area (Å²) in [4.78, 5) is 0. The second-order valence-corrected chi connectivity index (χ2v) is 5.49. The highest BCUT2D eigenvalue weighted by molar-refractivity contribution is 4.92. The minimum atomic E-state index is -1.16. The van der Waals surface area contributed by atoms with Crippen LogP contribution in [0.1, 0.15) is 0 Å². The zero-order chi connectivity index (χ0) is 16.9. The maximum Gasteiger partial charge on any atom is 0.109 e. The van der Waals surface area contributed by atoms with Crippen LogP contribution in [0.15, 0.2) is 0 Å². The van der Waals surface area contributed by atoms with E-state index >= 15 is 0 Å². The van der Waals surface area contributed by atoms with Crippen LogP contribution in [0, 0.1) is 0 Å². The molecule has 4 unspecified atom stereocenters. The Bertz CT molecular complexity index is 290. The molecule has 2 fully saturated rings. The van der Waals surface area contributed by atoms with E-state index in [1.165, 1.54) is 0 Å². The van der Waals surface area contributed by atoms with Gasteiger partial charge in [0.25, 0.3) is 0 Å². The topological polar surface area (TPSA) is 186 Å². The highest BCUT2D eigenvalue weighted by atomic mass is 16.4. The van der Waals surface area contributed by atoms with Gasteiger partial charge in [0, 0.05) is 13.1 Å². The molecule has 132 valence electrons. The molecule has 0 aromatic heterocycles. The van der Waals surface area contributed by atoms with E-state index in [0.29, 0.717) is 0 Å². The fourth-order valence-corrected chi connectivity index (χ4v) is 2.30. The minimum Gasteiger partial charge on any atom is -0.395 e. The van der Waals surface area contributed by atoms with Crippen molar-refractivity contribution in [2.24, 2.45) is 0 Å². The molecule has 0 amide bonds. The van der Waals surface area contributed by atoms with Crippen LogP contribution < -0.4 is 10.6 Å². The summed E-state index contributed by atoms with van der Waals surface area (Å²) in [6.07, 6.45) is -6.41. The van der Waals surface area contributed by atoms with E-state index in [1.54, 1.807) is 0 Å². The lowest BCUT2D eigenvalue weighted by Gasteiger charge is -2.34. The van der Waals surface area contributed by atoms with Gasteiger partial charge < -0.3 is 51.5 Å². The van der Waals surface area contributed by atoms with Crippen molar-refractivity contribution in [2.45, 2.75) is 48.7 Å². The molecule has 2 heterocycles. The van der Waals surface area contributed by atoms with Gasteiger partial charge in [0.2, 0.25) is 0 Å². The van der Waals surface area contributed by atoms with Crippen molar-refractivity contribution < 1.29 is 40.9 Å². The van der Waals surface area contributed by atoms with E-state index in [-0.39, 0.29) is 26.3 Å². The van der Waals surface area contributed by atoms with Crippen LogP contribution in [0.3, 0.4) is 0 Å². The second kappa shape index (κ2) is 9.03. The predicted molar refractivity (Wildman–Crippen MR) is 73.8 cm³/mol. The van der Waals surface area contributed by atoms with Gasteiger partial charge in [0.1, 0.15) is 12.2 Å². The van der Waals surface area contributed by atoms with Crippen molar-refractivity contribution in [1.29, 1.82) is 0 Å². The Balaban J connectivity index is 0.000000220. The van der Waals surface area contributed by atoms with Crippen LogP contribution >= 0.6 is 0 Å². The summed E-state index contributed by atoms with van der Waals surface area (Å²) in [6, 6.07) is -1.07. The summed E-state index contributed by atoms with van der Waals surface area (Å²) in [5.74, 6) is 0. The summed E-state index contributed by atoms with van der Waals surface area (Å²) >= 11 is 0. The second-order valence-electron chi connectivity index (χ2n) is 5.49. The summed E-state index contributed by atoms with van der Waals surface area (Å²) in [7, 11) is 0. The molecule has 0 radical (unpaired) electrons. The molecule has 2 aliphatic rings. The molecule has 2 aliphatic heterocycles. The largest absolute Gasteiger partial charge is 0.395 e. The van der Waals surface area contributed by atoms with Gasteiger partial charge in [-0.2, -0.15) is 0 Å². The Labute approximate surface area is 127 Å². The number of piperidine rings is 2. The Morgan fingerprint density at radius 1 is 0.591 bits per heavy atom. The van der Waals surface area contributed by atoms with Crippen LogP contribution in [0.2, 0.25) is 0 Å². The lowest BCUT2D eigenvalue weighted by atomic mass is 9.97. The molecule has 0 aromatic rings. The Kier molecular flexibility index (Phi) is 8.07. The molecule has 8 atom stereocenters. The fraction of sp³-hybridized carbons (Fsp3) is 1.00. The van der Waals surface area contributed by atoms with E-state index in [1.807, 2.05) is 0 Å². The van der Waals surface area contributed by atoms with Crippen LogP contribution in [-0.4, -0.2) is 116 Å². The molecule has 2 saturated heterocycles. The Morgan fingerprint density at radius 2 is 0.909 bits per heavy atom. The van der Waals surface area contributed by atoms with Gasteiger partial charge in [-0.15, -0.1) is 0 Å². The van der Waals surface area contributed by atoms with E-state index < -0.39 is 48.7 Å². The van der Waals surface area contributed by atoms with Crippen molar-refractivity contribution in [3.63, 3.8) is 0 Å². The van der Waals surface area contributed by atoms with E-state index in [9.17, 15) is 10.2 Å². The van der Waals surface area contributed by atoms with E-state index in [2.05, 4.69) is 10.6 Å². The molecule has 0 saturated carbocycles. The number of nitrogens with one attached hydrogen (secondary N) is 2. The number of hydrogen-bond donors (Lipinski definition) is 10. The van der Waals surface area contributed by atoms with Gasteiger partial charge in [0.05, 0.1) is 49.7 Å². The third-order valence-corrected chi connectivity index (χ3v) is 3.88. The van der Waals surface area contributed by atoms with Crippen molar-refractivity contribution in [2.75, 3.05) is 26.3 Å². The molecule has 2 rings (SSSR count). The number of aliphatic hydroxyl groups excluding tert-OH is 8. The highest BCUT2D eigenvalue weighted by Crippen LogP contribution is 2.10. The van der Waals surface area contributed by atoms with Crippen LogP contribution in [0.25, 0.3) is 0 Å². The number of aliphatic hydroxyl groups is 8. The average Bonchev–Trinajstić information content (AvgIpc) is 2.51. The molecular weight excluding hydrogens is 300 g/mol. The zero-order valence-corrected chi connectivity index (χ0v) is 12.0. The van der Waals surface area contributed by atoms with Gasteiger partial charge in [-0.25, -0.2) is 0 Å². The first kappa shape index (κ1) is 19.6. The lowest BCUT2D eigenvalue weighted by Crippen LogP contribution is -2.60. The molecule has 0 aromatic carbocycles. The Hall–Kier alpha value is -0.400. The van der Waals surface area contributed by atoms with Gasteiger partial charge in [-0.3, -0.25) is 0 Å². The minimum absolute atomic E-state index is 0.198. The molecule has 0 spiro atoms. The number of hydrogen-bond acceptors (Lipinski definition) is 10. The van der Waals surface area contributed by atoms with Crippen LogP contribution in [0.4, 0.5) is 0 Å². The third-order valence-electron chi connectivity index (χ3n) is 3.88. The molecule has 10 N–H and O–H groups in total. The first-order chi connectivity index (χ1) is 10.3. The van der Waals surface area contributed by atoms with Crippen LogP contribution in [0.5, 0.6) is 0 Å². The monoisotopic (exact) mass is 326 g/mol. The third kappa shape index (κ3) is 4.80. The quantitative estimate of drug-likeness (QED) is 0.234. The van der Waals surface area contributed by atoms with Gasteiger partial charge in [-0.05, 0) is 0 Å². The molecular formula is C12H26N2O8. The first-order valence-electron chi connectivity index (χ1n) is 7.10. The van der Waals surface area contributed by atoms with Gasteiger partial charge in [-0.1, -0.05) is 0 Å². The van der Waals surface area contributed by atoms with Gasteiger partial charge in [0.15, 0.2) is 0 Å². The SMILES string of the molecule is OCC1NCC(O)[C@H](O)[C@H]1O.OC[C@H]1NCC(O)[C@@H](O)C1O. The molecule has 10 nitrogen and oxygen atoms in total. The zero-order valence-electron chi connectivity index (χ0n) is 12.0. The van der Waals surface area contributed by atoms with Crippen LogP contribution in [-0.2, 0) is 0 Å². The van der Waals surface area contributed by atoms with Crippen molar-refractivity contribution >= 4 is 0 Å². The molecule has 10 heteroatoms. The Morgan fingerprint density at radius 3 is 1.18 bits per heavy atom. The maximum absolute atomic E-state index is 9.18. The summed E-state index contributed by atoms with van der Waals surface area (Å²) in [5, 5.41) is 77.2. The summed E-state index contributed by atoms with van der Waals surface area (Å²) in [6.45, 7) is -0.0944. The number of rotatable bonds is 2. The normalized spacial score (nSPS) is 45.8. The fourth-order valence-electron chi connectivity index (χ4n) is 2.30. The van der Waals surface area contributed by atoms with Crippen molar-refractivity contribution in [1.82, 2.24) is 10.6 Å². The number of β-amino-alcohol motifs (C(OH)–C–C–N with tert-alkyl or cyclic N) is 2. The molecule has 0 bridgehead atoms. The summed E-state index contributed by atoms with van der Waals surface area (Å²) < 4.78 is 0. The average molecular weight is 326 g/mol. The smallest absolute Gasteiger partial charge is 0.109 e. The van der Waals surface area contributed by atoms with Crippen molar-refractivity contribution in [3.05, 3.63) is 0 Å².